The summed E-state index contributed by atoms with van der Waals surface area (Å²) in [7, 11) is 0. The number of hydrogen-bond donors (Lipinski definition) is 0. The third-order valence-electron chi connectivity index (χ3n) is 6.68. The normalized spacial score (nSPS) is 28.5. The molecule has 0 spiro atoms. The minimum Gasteiger partial charge on any atom is -0.461 e. The lowest BCUT2D eigenvalue weighted by Gasteiger charge is -2.26. The molecule has 0 aromatic heterocycles. The predicted molar refractivity (Wildman–Crippen MR) is 124 cm³/mol. The summed E-state index contributed by atoms with van der Waals surface area (Å²) < 4.78 is 16.0. The number of hydrogen-bond acceptors (Lipinski definition) is 7. The van der Waals surface area contributed by atoms with Crippen LogP contribution in [0.1, 0.15) is 27.1 Å². The third-order valence-corrected chi connectivity index (χ3v) is 8.62. The van der Waals surface area contributed by atoms with E-state index in [2.05, 4.69) is 15.9 Å². The minimum atomic E-state index is -0.629. The first-order valence-electron chi connectivity index (χ1n) is 10.6. The molecule has 0 radical (unpaired) electrons. The maximum atomic E-state index is 12.7. The Morgan fingerprint density at radius 2 is 1.71 bits per heavy atom. The Hall–Kier alpha value is -2.42. The largest absolute Gasteiger partial charge is 0.461 e. The van der Waals surface area contributed by atoms with Crippen molar-refractivity contribution in [2.24, 2.45) is 23.7 Å². The minimum absolute atomic E-state index is 0.0225. The smallest absolute Gasteiger partial charge is 0.343 e. The summed E-state index contributed by atoms with van der Waals surface area (Å²) in [4.78, 5) is 49.6. The van der Waals surface area contributed by atoms with Crippen molar-refractivity contribution in [2.45, 2.75) is 17.4 Å². The van der Waals surface area contributed by atoms with E-state index in [1.165, 1.54) is 42.5 Å². The lowest BCUT2D eigenvalue weighted by atomic mass is 9.80. The second-order valence-corrected chi connectivity index (χ2v) is 10.4. The van der Waals surface area contributed by atoms with Crippen molar-refractivity contribution in [3.8, 4) is 5.75 Å². The number of rotatable bonds is 6. The van der Waals surface area contributed by atoms with Crippen LogP contribution < -0.4 is 4.74 Å². The van der Waals surface area contributed by atoms with E-state index in [0.717, 1.165) is 6.42 Å². The highest BCUT2D eigenvalue weighted by molar-refractivity contribution is 9.09. The molecular weight excluding hydrogens is 551 g/mol. The highest BCUT2D eigenvalue weighted by atomic mass is 79.9. The van der Waals surface area contributed by atoms with Crippen LogP contribution in [0.3, 0.4) is 0 Å². The first kappa shape index (κ1) is 23.3. The van der Waals surface area contributed by atoms with Crippen molar-refractivity contribution in [1.82, 2.24) is 0 Å². The molecule has 6 atom stereocenters. The van der Waals surface area contributed by atoms with Crippen LogP contribution in [0, 0.1) is 23.7 Å². The van der Waals surface area contributed by atoms with Crippen molar-refractivity contribution in [3.63, 3.8) is 0 Å². The van der Waals surface area contributed by atoms with Crippen LogP contribution in [0.2, 0.25) is 10.0 Å². The van der Waals surface area contributed by atoms with Crippen LogP contribution in [0.5, 0.6) is 5.75 Å². The van der Waals surface area contributed by atoms with Crippen LogP contribution in [0.4, 0.5) is 0 Å². The Morgan fingerprint density at radius 3 is 2.41 bits per heavy atom. The van der Waals surface area contributed by atoms with Crippen molar-refractivity contribution >= 4 is 62.8 Å². The second-order valence-electron chi connectivity index (χ2n) is 8.53. The van der Waals surface area contributed by atoms with Crippen molar-refractivity contribution in [2.75, 3.05) is 6.61 Å². The zero-order valence-electron chi connectivity index (χ0n) is 17.4. The fourth-order valence-electron chi connectivity index (χ4n) is 5.11. The van der Waals surface area contributed by atoms with Gasteiger partial charge in [0, 0.05) is 11.5 Å². The standard InChI is InChI=1S/C24H17BrCl2O7/c25-20-13-8-14-19(24(31)34-21(14)20)18(13)23(30)32-9-17(28)10-1-4-12(5-2-10)33-22(29)11-3-6-15(26)16(27)7-11/h1-7,13-14,18-21H,8-9H2/t13-,14-,18-,19+,20-,21+/m1/s1. The molecule has 1 saturated heterocycles. The summed E-state index contributed by atoms with van der Waals surface area (Å²) in [6.45, 7) is -0.451. The summed E-state index contributed by atoms with van der Waals surface area (Å²) in [5.41, 5.74) is 0.513. The number of fused-ring (bicyclic) bond motifs is 1. The van der Waals surface area contributed by atoms with E-state index in [9.17, 15) is 19.2 Å². The van der Waals surface area contributed by atoms with Gasteiger partial charge in [-0.2, -0.15) is 0 Å². The van der Waals surface area contributed by atoms with Gasteiger partial charge in [0.05, 0.1) is 32.3 Å². The number of benzene rings is 2. The van der Waals surface area contributed by atoms with Crippen molar-refractivity contribution in [1.29, 1.82) is 0 Å². The van der Waals surface area contributed by atoms with E-state index in [1.807, 2.05) is 0 Å². The number of Topliss-reactive ketones (excluding diaryl/α,β-unsaturated/α-hetero) is 1. The van der Waals surface area contributed by atoms with Crippen LogP contribution in [0.25, 0.3) is 0 Å². The number of alkyl halides is 1. The van der Waals surface area contributed by atoms with Gasteiger partial charge in [-0.25, -0.2) is 4.79 Å². The maximum absolute atomic E-state index is 12.7. The summed E-state index contributed by atoms with van der Waals surface area (Å²) in [5, 5.41) is 0.551. The van der Waals surface area contributed by atoms with Gasteiger partial charge >= 0.3 is 17.9 Å². The molecule has 2 bridgehead atoms. The van der Waals surface area contributed by atoms with Gasteiger partial charge in [0.15, 0.2) is 12.4 Å². The molecule has 34 heavy (non-hydrogen) atoms. The Balaban J connectivity index is 1.17. The van der Waals surface area contributed by atoms with Gasteiger partial charge in [-0.15, -0.1) is 0 Å². The van der Waals surface area contributed by atoms with E-state index in [0.29, 0.717) is 5.02 Å². The molecule has 3 aliphatic rings. The summed E-state index contributed by atoms with van der Waals surface area (Å²) in [5.74, 6) is -2.85. The molecule has 0 amide bonds. The van der Waals surface area contributed by atoms with Gasteiger partial charge in [0.25, 0.3) is 0 Å². The van der Waals surface area contributed by atoms with E-state index in [1.54, 1.807) is 0 Å². The van der Waals surface area contributed by atoms with Gasteiger partial charge in [-0.05, 0) is 54.8 Å². The molecule has 176 valence electrons. The van der Waals surface area contributed by atoms with Crippen molar-refractivity contribution in [3.05, 3.63) is 63.6 Å². The van der Waals surface area contributed by atoms with Crippen LogP contribution in [-0.4, -0.2) is 41.2 Å². The molecule has 0 N–H and O–H groups in total. The molecule has 5 rings (SSSR count). The van der Waals surface area contributed by atoms with Crippen LogP contribution in [0.15, 0.2) is 42.5 Å². The Morgan fingerprint density at radius 1 is 1.00 bits per heavy atom. The topological polar surface area (TPSA) is 96.0 Å². The van der Waals surface area contributed by atoms with Crippen LogP contribution in [-0.2, 0) is 19.1 Å². The fraction of sp³-hybridized carbons (Fsp3) is 0.333. The lowest BCUT2D eigenvalue weighted by Crippen LogP contribution is -2.39. The summed E-state index contributed by atoms with van der Waals surface area (Å²) >= 11 is 15.3. The van der Waals surface area contributed by atoms with Crippen LogP contribution >= 0.6 is 39.1 Å². The molecule has 0 unspecified atom stereocenters. The van der Waals surface area contributed by atoms with Gasteiger partial charge in [-0.3, -0.25) is 14.4 Å². The number of ketones is 1. The summed E-state index contributed by atoms with van der Waals surface area (Å²) in [6, 6.07) is 10.2. The number of carbonyl (C=O) groups is 4. The third kappa shape index (κ3) is 4.01. The molecular formula is C24H17BrCl2O7. The quantitative estimate of drug-likeness (QED) is 0.219. The first-order valence-corrected chi connectivity index (χ1v) is 12.2. The van der Waals surface area contributed by atoms with E-state index >= 15 is 0 Å². The molecule has 2 saturated carbocycles. The van der Waals surface area contributed by atoms with E-state index in [4.69, 9.17) is 37.4 Å². The molecule has 1 aliphatic heterocycles. The Bertz CT molecular complexity index is 1200. The average Bonchev–Trinajstić information content (AvgIpc) is 3.44. The number of esters is 3. The zero-order chi connectivity index (χ0) is 24.1. The number of ether oxygens (including phenoxy) is 3. The fourth-order valence-corrected chi connectivity index (χ4v) is 6.45. The maximum Gasteiger partial charge on any atom is 0.343 e. The number of carbonyl (C=O) groups excluding carboxylic acids is 4. The Kier molecular flexibility index (Phi) is 6.16. The molecule has 10 heteroatoms. The second kappa shape index (κ2) is 8.98. The van der Waals surface area contributed by atoms with Gasteiger partial charge in [0.2, 0.25) is 0 Å². The average molecular weight is 568 g/mol. The predicted octanol–water partition coefficient (Wildman–Crippen LogP) is 4.51. The molecule has 2 aromatic rings. The molecule has 7 nitrogen and oxygen atoms in total. The highest BCUT2D eigenvalue weighted by Gasteiger charge is 2.68. The number of halogens is 3. The molecule has 3 fully saturated rings. The molecule has 1 heterocycles. The molecule has 2 aliphatic carbocycles. The van der Waals surface area contributed by atoms with E-state index in [-0.39, 0.29) is 50.6 Å². The summed E-state index contributed by atoms with van der Waals surface area (Å²) in [6.07, 6.45) is 0.546. The highest BCUT2D eigenvalue weighted by Crippen LogP contribution is 2.60. The van der Waals surface area contributed by atoms with Gasteiger partial charge < -0.3 is 14.2 Å². The Labute approximate surface area is 212 Å². The SMILES string of the molecule is O=C(COC(=O)[C@@H]1[C@H]2C[C@H]3[C@H](OC(=O)[C@@H]31)[C@@H]2Br)c1ccc(OC(=O)c2ccc(Cl)c(Cl)c2)cc1. The van der Waals surface area contributed by atoms with Gasteiger partial charge in [0.1, 0.15) is 11.9 Å². The molecule has 2 aromatic carbocycles. The first-order chi connectivity index (χ1) is 16.2. The zero-order valence-corrected chi connectivity index (χ0v) is 20.5. The monoisotopic (exact) mass is 566 g/mol. The van der Waals surface area contributed by atoms with E-state index < -0.39 is 36.2 Å². The van der Waals surface area contributed by atoms with Gasteiger partial charge in [-0.1, -0.05) is 39.1 Å². The van der Waals surface area contributed by atoms with Crippen molar-refractivity contribution < 1.29 is 33.4 Å². The lowest BCUT2D eigenvalue weighted by molar-refractivity contribution is -0.154.